The number of likely N-dealkylation sites (tertiary alicyclic amines) is 1. The summed E-state index contributed by atoms with van der Waals surface area (Å²) >= 11 is 0. The molecule has 10 nitrogen and oxygen atoms in total. The molecular formula is C29H39N5O5. The van der Waals surface area contributed by atoms with Crippen LogP contribution in [0.5, 0.6) is 5.75 Å². The van der Waals surface area contributed by atoms with Gasteiger partial charge in [-0.05, 0) is 77.6 Å². The average molecular weight is 538 g/mol. The lowest BCUT2D eigenvalue weighted by Gasteiger charge is -2.32. The highest BCUT2D eigenvalue weighted by Gasteiger charge is 2.27. The van der Waals surface area contributed by atoms with Crippen molar-refractivity contribution in [2.24, 2.45) is 5.92 Å². The molecule has 1 aromatic carbocycles. The summed E-state index contributed by atoms with van der Waals surface area (Å²) in [6.45, 7) is 10.00. The molecule has 1 aliphatic heterocycles. The second-order valence-electron chi connectivity index (χ2n) is 10.1. The normalized spacial score (nSPS) is 16.3. The van der Waals surface area contributed by atoms with Crippen LogP contribution in [0.1, 0.15) is 42.5 Å². The molecule has 2 N–H and O–H groups in total. The molecule has 3 heterocycles. The summed E-state index contributed by atoms with van der Waals surface area (Å²) in [6.07, 6.45) is 1.77. The Morgan fingerprint density at radius 1 is 1.28 bits per heavy atom. The summed E-state index contributed by atoms with van der Waals surface area (Å²) in [5, 5.41) is 17.1. The van der Waals surface area contributed by atoms with Crippen molar-refractivity contribution in [2.45, 2.75) is 53.1 Å². The van der Waals surface area contributed by atoms with Gasteiger partial charge in [0.2, 0.25) is 0 Å². The van der Waals surface area contributed by atoms with E-state index in [1.807, 2.05) is 52.0 Å². The summed E-state index contributed by atoms with van der Waals surface area (Å²) in [5.74, 6) is 2.16. The third kappa shape index (κ3) is 6.93. The fourth-order valence-electron chi connectivity index (χ4n) is 5.05. The van der Waals surface area contributed by atoms with Gasteiger partial charge in [-0.3, -0.25) is 0 Å². The van der Waals surface area contributed by atoms with Gasteiger partial charge in [0.15, 0.2) is 5.82 Å². The number of carbonyl (C=O) groups is 1. The Hall–Kier alpha value is -3.50. The van der Waals surface area contributed by atoms with E-state index in [2.05, 4.69) is 10.5 Å². The van der Waals surface area contributed by atoms with Crippen LogP contribution in [0.25, 0.3) is 22.6 Å². The Morgan fingerprint density at radius 3 is 2.82 bits per heavy atom. The van der Waals surface area contributed by atoms with Crippen LogP contribution in [-0.4, -0.2) is 77.2 Å². The summed E-state index contributed by atoms with van der Waals surface area (Å²) in [6, 6.07) is 7.59. The number of aliphatic hydroxyl groups is 1. The SMILES string of the molecule is CCOC(=O)N1CCCC(Cc2nc(-c3cccc(OCC(O)CNC)c3)nc(-c3c(C)noc3C)c2C)C1. The van der Waals surface area contributed by atoms with Crippen LogP contribution in [0, 0.1) is 26.7 Å². The highest BCUT2D eigenvalue weighted by Crippen LogP contribution is 2.33. The number of likely N-dealkylation sites (N-methyl/N-ethyl adjacent to an activating group) is 1. The molecule has 210 valence electrons. The lowest BCUT2D eigenvalue weighted by Crippen LogP contribution is -2.41. The van der Waals surface area contributed by atoms with Crippen molar-refractivity contribution in [1.82, 2.24) is 25.3 Å². The predicted molar refractivity (Wildman–Crippen MR) is 148 cm³/mol. The number of carbonyl (C=O) groups excluding carboxylic acids is 1. The van der Waals surface area contributed by atoms with Crippen LogP contribution in [0.15, 0.2) is 28.8 Å². The minimum Gasteiger partial charge on any atom is -0.491 e. The van der Waals surface area contributed by atoms with Gasteiger partial charge in [0.25, 0.3) is 0 Å². The monoisotopic (exact) mass is 537 g/mol. The largest absolute Gasteiger partial charge is 0.491 e. The fourth-order valence-corrected chi connectivity index (χ4v) is 5.05. The molecular weight excluding hydrogens is 498 g/mol. The molecule has 0 saturated carbocycles. The standard InChI is InChI=1S/C29H39N5O5/c1-6-37-29(36)34-12-8-9-21(16-34)13-25-18(2)27(26-19(3)33-39-20(26)4)32-28(31-25)22-10-7-11-24(14-22)38-17-23(35)15-30-5/h7,10-11,14,21,23,30,35H,6,8-9,12-13,15-17H2,1-5H3. The van der Waals surface area contributed by atoms with Crippen molar-refractivity contribution in [1.29, 1.82) is 0 Å². The number of hydrogen-bond acceptors (Lipinski definition) is 9. The Morgan fingerprint density at radius 2 is 2.10 bits per heavy atom. The summed E-state index contributed by atoms with van der Waals surface area (Å²) in [4.78, 5) is 24.2. The third-order valence-corrected chi connectivity index (χ3v) is 7.02. The summed E-state index contributed by atoms with van der Waals surface area (Å²) in [7, 11) is 1.79. The first-order valence-electron chi connectivity index (χ1n) is 13.6. The number of ether oxygens (including phenoxy) is 2. The second kappa shape index (κ2) is 13.0. The minimum absolute atomic E-state index is 0.174. The van der Waals surface area contributed by atoms with E-state index in [1.54, 1.807) is 11.9 Å². The lowest BCUT2D eigenvalue weighted by atomic mass is 9.91. The fraction of sp³-hybridized carbons (Fsp3) is 0.517. The van der Waals surface area contributed by atoms with Crippen molar-refractivity contribution in [3.05, 3.63) is 47.0 Å². The van der Waals surface area contributed by atoms with Crippen LogP contribution < -0.4 is 10.1 Å². The molecule has 4 rings (SSSR count). The van der Waals surface area contributed by atoms with Crippen molar-refractivity contribution in [3.63, 3.8) is 0 Å². The maximum Gasteiger partial charge on any atom is 0.409 e. The molecule has 1 aliphatic rings. The molecule has 2 aromatic heterocycles. The number of amides is 1. The third-order valence-electron chi connectivity index (χ3n) is 7.02. The molecule has 1 fully saturated rings. The van der Waals surface area contributed by atoms with E-state index in [1.165, 1.54) is 0 Å². The van der Waals surface area contributed by atoms with Gasteiger partial charge in [0.05, 0.1) is 23.6 Å². The summed E-state index contributed by atoms with van der Waals surface area (Å²) in [5.41, 5.74) is 5.15. The maximum atomic E-state index is 12.4. The number of benzene rings is 1. The Balaban J connectivity index is 1.68. The topological polar surface area (TPSA) is 123 Å². The van der Waals surface area contributed by atoms with Crippen LogP contribution in [-0.2, 0) is 11.2 Å². The summed E-state index contributed by atoms with van der Waals surface area (Å²) < 4.78 is 16.6. The zero-order chi connectivity index (χ0) is 27.9. The Bertz CT molecular complexity index is 1260. The average Bonchev–Trinajstić information content (AvgIpc) is 3.26. The van der Waals surface area contributed by atoms with Gasteiger partial charge in [0.1, 0.15) is 24.2 Å². The molecule has 2 unspecified atom stereocenters. The second-order valence-corrected chi connectivity index (χ2v) is 10.1. The van der Waals surface area contributed by atoms with E-state index in [9.17, 15) is 9.90 Å². The predicted octanol–water partition coefficient (Wildman–Crippen LogP) is 4.09. The first-order chi connectivity index (χ1) is 18.8. The zero-order valence-electron chi connectivity index (χ0n) is 23.5. The molecule has 2 atom stereocenters. The Labute approximate surface area is 229 Å². The van der Waals surface area contributed by atoms with Gasteiger partial charge in [0, 0.05) is 30.9 Å². The number of hydrogen-bond donors (Lipinski definition) is 2. The molecule has 10 heteroatoms. The van der Waals surface area contributed by atoms with E-state index < -0.39 is 6.10 Å². The van der Waals surface area contributed by atoms with E-state index in [-0.39, 0.29) is 18.6 Å². The molecule has 0 aliphatic carbocycles. The zero-order valence-corrected chi connectivity index (χ0v) is 23.5. The van der Waals surface area contributed by atoms with Crippen molar-refractivity contribution < 1.29 is 23.9 Å². The molecule has 39 heavy (non-hydrogen) atoms. The molecule has 0 radical (unpaired) electrons. The van der Waals surface area contributed by atoms with Gasteiger partial charge in [-0.15, -0.1) is 0 Å². The van der Waals surface area contributed by atoms with Gasteiger partial charge in [-0.1, -0.05) is 17.3 Å². The molecule has 0 spiro atoms. The van der Waals surface area contributed by atoms with E-state index in [0.29, 0.717) is 50.0 Å². The van der Waals surface area contributed by atoms with E-state index >= 15 is 0 Å². The van der Waals surface area contributed by atoms with Crippen molar-refractivity contribution in [3.8, 4) is 28.4 Å². The molecule has 0 bridgehead atoms. The number of aromatic nitrogens is 3. The minimum atomic E-state index is -0.614. The number of aliphatic hydroxyl groups excluding tert-OH is 1. The van der Waals surface area contributed by atoms with Gasteiger partial charge in [-0.25, -0.2) is 14.8 Å². The first kappa shape index (κ1) is 28.5. The smallest absolute Gasteiger partial charge is 0.409 e. The quantitative estimate of drug-likeness (QED) is 0.394. The number of nitrogens with one attached hydrogen (secondary N) is 1. The highest BCUT2D eigenvalue weighted by atomic mass is 16.6. The number of aryl methyl sites for hydroxylation is 2. The Kier molecular flexibility index (Phi) is 9.53. The number of rotatable bonds is 10. The molecule has 1 amide bonds. The van der Waals surface area contributed by atoms with Gasteiger partial charge in [-0.2, -0.15) is 0 Å². The van der Waals surface area contributed by atoms with Crippen LogP contribution in [0.2, 0.25) is 0 Å². The van der Waals surface area contributed by atoms with Crippen molar-refractivity contribution in [2.75, 3.05) is 39.9 Å². The van der Waals surface area contributed by atoms with E-state index in [0.717, 1.165) is 46.6 Å². The van der Waals surface area contributed by atoms with E-state index in [4.69, 9.17) is 24.0 Å². The van der Waals surface area contributed by atoms with Crippen LogP contribution in [0.3, 0.4) is 0 Å². The number of nitrogens with zero attached hydrogens (tertiary/aromatic N) is 4. The maximum absolute atomic E-state index is 12.4. The van der Waals surface area contributed by atoms with Crippen LogP contribution in [0.4, 0.5) is 4.79 Å². The molecule has 1 saturated heterocycles. The van der Waals surface area contributed by atoms with Crippen molar-refractivity contribution >= 4 is 6.09 Å². The number of piperidine rings is 1. The van der Waals surface area contributed by atoms with Gasteiger partial charge < -0.3 is 29.3 Å². The first-order valence-corrected chi connectivity index (χ1v) is 13.6. The highest BCUT2D eigenvalue weighted by molar-refractivity contribution is 5.71. The van der Waals surface area contributed by atoms with Crippen LogP contribution >= 0.6 is 0 Å². The molecule has 3 aromatic rings. The lowest BCUT2D eigenvalue weighted by molar-refractivity contribution is 0.0882. The van der Waals surface area contributed by atoms with Gasteiger partial charge >= 0.3 is 6.09 Å².